The third-order valence-corrected chi connectivity index (χ3v) is 3.05. The Morgan fingerprint density at radius 2 is 2.10 bits per heavy atom. The molecule has 0 spiro atoms. The molecule has 0 N–H and O–H groups in total. The maximum absolute atomic E-state index is 13.0. The molecule has 0 aliphatic carbocycles. The minimum absolute atomic E-state index is 0.102. The molecular formula is C14H19FN2O3. The van der Waals surface area contributed by atoms with Crippen molar-refractivity contribution in [2.24, 2.45) is 0 Å². The topological polar surface area (TPSA) is 51.7 Å². The fraction of sp³-hybridized carbons (Fsp3) is 0.571. The number of likely N-dealkylation sites (tertiary alicyclic amines) is 1. The smallest absolute Gasteiger partial charge is 0.410 e. The van der Waals surface area contributed by atoms with E-state index >= 15 is 0 Å². The number of aromatic nitrogens is 1. The number of ether oxygens (including phenoxy) is 2. The van der Waals surface area contributed by atoms with Gasteiger partial charge in [0.1, 0.15) is 11.4 Å². The second-order valence-corrected chi connectivity index (χ2v) is 5.83. The lowest BCUT2D eigenvalue weighted by Crippen LogP contribution is -2.50. The number of hydrogen-bond acceptors (Lipinski definition) is 4. The summed E-state index contributed by atoms with van der Waals surface area (Å²) >= 11 is 0. The van der Waals surface area contributed by atoms with E-state index in [1.54, 1.807) is 4.90 Å². The molecule has 0 bridgehead atoms. The van der Waals surface area contributed by atoms with E-state index < -0.39 is 11.5 Å². The predicted molar refractivity (Wildman–Crippen MR) is 71.3 cm³/mol. The van der Waals surface area contributed by atoms with E-state index in [4.69, 9.17) is 9.47 Å². The van der Waals surface area contributed by atoms with Gasteiger partial charge in [0.05, 0.1) is 7.11 Å². The average molecular weight is 282 g/mol. The van der Waals surface area contributed by atoms with Gasteiger partial charge < -0.3 is 14.4 Å². The Bertz CT molecular complexity index is 508. The van der Waals surface area contributed by atoms with Crippen molar-refractivity contribution in [3.8, 4) is 5.75 Å². The zero-order chi connectivity index (χ0) is 14.9. The zero-order valence-electron chi connectivity index (χ0n) is 12.1. The van der Waals surface area contributed by atoms with Crippen molar-refractivity contribution >= 4 is 6.09 Å². The van der Waals surface area contributed by atoms with Gasteiger partial charge in [-0.15, -0.1) is 0 Å². The number of pyridine rings is 1. The number of carbonyl (C=O) groups excluding carboxylic acids is 1. The maximum Gasteiger partial charge on any atom is 0.410 e. The van der Waals surface area contributed by atoms with Crippen LogP contribution in [0.15, 0.2) is 12.3 Å². The van der Waals surface area contributed by atoms with Crippen LogP contribution in [0.2, 0.25) is 0 Å². The van der Waals surface area contributed by atoms with Crippen LogP contribution in [0, 0.1) is 5.95 Å². The van der Waals surface area contributed by atoms with E-state index in [-0.39, 0.29) is 12.0 Å². The van der Waals surface area contributed by atoms with E-state index in [0.29, 0.717) is 18.8 Å². The summed E-state index contributed by atoms with van der Waals surface area (Å²) in [6.45, 7) is 6.54. The first-order valence-electron chi connectivity index (χ1n) is 6.47. The molecule has 0 atom stereocenters. The van der Waals surface area contributed by atoms with Crippen LogP contribution in [0.1, 0.15) is 32.3 Å². The molecule has 6 heteroatoms. The summed E-state index contributed by atoms with van der Waals surface area (Å²) in [5.41, 5.74) is 0.311. The van der Waals surface area contributed by atoms with Crippen molar-refractivity contribution in [1.82, 2.24) is 9.88 Å². The molecule has 2 heterocycles. The lowest BCUT2D eigenvalue weighted by molar-refractivity contribution is 0.00796. The van der Waals surface area contributed by atoms with E-state index in [2.05, 4.69) is 4.98 Å². The normalized spacial score (nSPS) is 15.8. The van der Waals surface area contributed by atoms with Crippen LogP contribution in [-0.4, -0.2) is 41.8 Å². The summed E-state index contributed by atoms with van der Waals surface area (Å²) in [7, 11) is 1.49. The van der Waals surface area contributed by atoms with Crippen molar-refractivity contribution in [1.29, 1.82) is 0 Å². The maximum atomic E-state index is 13.0. The molecule has 0 aromatic carbocycles. The summed E-state index contributed by atoms with van der Waals surface area (Å²) < 4.78 is 23.5. The molecule has 2 rings (SSSR count). The van der Waals surface area contributed by atoms with Crippen molar-refractivity contribution in [3.63, 3.8) is 0 Å². The van der Waals surface area contributed by atoms with Gasteiger partial charge in [-0.2, -0.15) is 4.39 Å². The van der Waals surface area contributed by atoms with Gasteiger partial charge in [0.25, 0.3) is 0 Å². The Morgan fingerprint density at radius 1 is 1.45 bits per heavy atom. The van der Waals surface area contributed by atoms with Crippen LogP contribution in [0.3, 0.4) is 0 Å². The van der Waals surface area contributed by atoms with Crippen molar-refractivity contribution < 1.29 is 18.7 Å². The molecule has 1 aromatic rings. The lowest BCUT2D eigenvalue weighted by Gasteiger charge is -2.40. The Morgan fingerprint density at radius 3 is 2.65 bits per heavy atom. The SMILES string of the molecule is COc1cc(F)ncc1C1CN(C(=O)OC(C)(C)C)C1. The molecule has 5 nitrogen and oxygen atoms in total. The third kappa shape index (κ3) is 3.18. The van der Waals surface area contributed by atoms with Gasteiger partial charge in [0.15, 0.2) is 0 Å². The highest BCUT2D eigenvalue weighted by molar-refractivity contribution is 5.69. The minimum atomic E-state index is -0.575. The molecule has 1 saturated heterocycles. The Hall–Kier alpha value is -1.85. The number of methoxy groups -OCH3 is 1. The third-order valence-electron chi connectivity index (χ3n) is 3.05. The molecule has 0 unspecified atom stereocenters. The molecule has 0 saturated carbocycles. The Labute approximate surface area is 117 Å². The average Bonchev–Trinajstić information content (AvgIpc) is 2.26. The number of rotatable bonds is 2. The number of amides is 1. The van der Waals surface area contributed by atoms with Crippen molar-refractivity contribution in [2.45, 2.75) is 32.3 Å². The van der Waals surface area contributed by atoms with Gasteiger partial charge in [0, 0.05) is 36.8 Å². The molecular weight excluding hydrogens is 263 g/mol. The molecule has 20 heavy (non-hydrogen) atoms. The summed E-state index contributed by atoms with van der Waals surface area (Å²) in [6, 6.07) is 1.26. The highest BCUT2D eigenvalue weighted by Crippen LogP contribution is 2.33. The standard InChI is InChI=1S/C14H19FN2O3/c1-14(2,3)20-13(18)17-7-9(8-17)10-6-16-12(15)5-11(10)19-4/h5-6,9H,7-8H2,1-4H3. The van der Waals surface area contributed by atoms with Gasteiger partial charge in [0.2, 0.25) is 5.95 Å². The summed E-state index contributed by atoms with van der Waals surface area (Å²) in [5.74, 6) is -0.00849. The monoisotopic (exact) mass is 282 g/mol. The molecule has 0 radical (unpaired) electrons. The lowest BCUT2D eigenvalue weighted by atomic mass is 9.92. The summed E-state index contributed by atoms with van der Waals surface area (Å²) in [4.78, 5) is 17.1. The van der Waals surface area contributed by atoms with Crippen molar-refractivity contribution in [2.75, 3.05) is 20.2 Å². The molecule has 1 aliphatic heterocycles. The van der Waals surface area contributed by atoms with Gasteiger partial charge in [-0.3, -0.25) is 0 Å². The van der Waals surface area contributed by atoms with Crippen LogP contribution >= 0.6 is 0 Å². The Kier molecular flexibility index (Phi) is 3.83. The van der Waals surface area contributed by atoms with E-state index in [0.717, 1.165) is 5.56 Å². The van der Waals surface area contributed by atoms with Gasteiger partial charge in [-0.05, 0) is 20.8 Å². The second-order valence-electron chi connectivity index (χ2n) is 5.83. The predicted octanol–water partition coefficient (Wildman–Crippen LogP) is 2.56. The quantitative estimate of drug-likeness (QED) is 0.782. The first kappa shape index (κ1) is 14.6. The highest BCUT2D eigenvalue weighted by Gasteiger charge is 2.36. The minimum Gasteiger partial charge on any atom is -0.496 e. The molecule has 1 fully saturated rings. The van der Waals surface area contributed by atoms with Gasteiger partial charge >= 0.3 is 6.09 Å². The molecule has 1 aliphatic rings. The highest BCUT2D eigenvalue weighted by atomic mass is 19.1. The fourth-order valence-electron chi connectivity index (χ4n) is 2.06. The summed E-state index contributed by atoms with van der Waals surface area (Å²) in [5, 5.41) is 0. The number of hydrogen-bond donors (Lipinski definition) is 0. The van der Waals surface area contributed by atoms with Crippen LogP contribution < -0.4 is 4.74 Å². The Balaban J connectivity index is 1.98. The first-order valence-corrected chi connectivity index (χ1v) is 6.47. The van der Waals surface area contributed by atoms with E-state index in [1.165, 1.54) is 19.4 Å². The van der Waals surface area contributed by atoms with Gasteiger partial charge in [-0.25, -0.2) is 9.78 Å². The number of halogens is 1. The second kappa shape index (κ2) is 5.26. The van der Waals surface area contributed by atoms with E-state index in [9.17, 15) is 9.18 Å². The van der Waals surface area contributed by atoms with Crippen LogP contribution in [-0.2, 0) is 4.74 Å². The number of carbonyl (C=O) groups is 1. The fourth-order valence-corrected chi connectivity index (χ4v) is 2.06. The van der Waals surface area contributed by atoms with Crippen LogP contribution in [0.5, 0.6) is 5.75 Å². The largest absolute Gasteiger partial charge is 0.496 e. The van der Waals surface area contributed by atoms with E-state index in [1.807, 2.05) is 20.8 Å². The molecule has 1 aromatic heterocycles. The van der Waals surface area contributed by atoms with Crippen molar-refractivity contribution in [3.05, 3.63) is 23.8 Å². The first-order chi connectivity index (χ1) is 9.30. The summed E-state index contributed by atoms with van der Waals surface area (Å²) in [6.07, 6.45) is 1.13. The van der Waals surface area contributed by atoms with Gasteiger partial charge in [-0.1, -0.05) is 0 Å². The number of nitrogens with zero attached hydrogens (tertiary/aromatic N) is 2. The zero-order valence-corrected chi connectivity index (χ0v) is 12.1. The molecule has 1 amide bonds. The van der Waals surface area contributed by atoms with Crippen LogP contribution in [0.25, 0.3) is 0 Å². The molecule has 110 valence electrons. The van der Waals surface area contributed by atoms with Crippen LogP contribution in [0.4, 0.5) is 9.18 Å².